The second-order valence-corrected chi connectivity index (χ2v) is 5.24. The first-order valence-corrected chi connectivity index (χ1v) is 5.77. The lowest BCUT2D eigenvalue weighted by molar-refractivity contribution is 0.0328. The minimum absolute atomic E-state index is 0.0971. The summed E-state index contributed by atoms with van der Waals surface area (Å²) in [6, 6.07) is 0.609. The van der Waals surface area contributed by atoms with Crippen molar-refractivity contribution >= 4 is 0 Å². The van der Waals surface area contributed by atoms with Gasteiger partial charge < -0.3 is 10.4 Å². The van der Waals surface area contributed by atoms with Gasteiger partial charge in [-0.25, -0.2) is 0 Å². The molecule has 2 atom stereocenters. The van der Waals surface area contributed by atoms with Crippen molar-refractivity contribution in [3.8, 4) is 0 Å². The van der Waals surface area contributed by atoms with Gasteiger partial charge in [-0.15, -0.1) is 0 Å². The molecular formula is C11H22N2O. The topological polar surface area (TPSA) is 35.5 Å². The maximum absolute atomic E-state index is 9.65. The molecule has 0 aromatic carbocycles. The molecule has 2 N–H and O–H groups in total. The third-order valence-corrected chi connectivity index (χ3v) is 3.70. The van der Waals surface area contributed by atoms with E-state index in [1.807, 2.05) is 0 Å². The SMILES string of the molecule is CC1(C)NCCC1N1CCCC(O)C1. The van der Waals surface area contributed by atoms with Gasteiger partial charge in [0.2, 0.25) is 0 Å². The standard InChI is InChI=1S/C11H22N2O/c1-11(2)10(5-6-12-11)13-7-3-4-9(14)8-13/h9-10,12,14H,3-8H2,1-2H3. The maximum atomic E-state index is 9.65. The van der Waals surface area contributed by atoms with Crippen molar-refractivity contribution in [2.24, 2.45) is 0 Å². The summed E-state index contributed by atoms with van der Waals surface area (Å²) in [4.78, 5) is 2.47. The Morgan fingerprint density at radius 3 is 2.71 bits per heavy atom. The summed E-state index contributed by atoms with van der Waals surface area (Å²) < 4.78 is 0. The Labute approximate surface area is 86.5 Å². The van der Waals surface area contributed by atoms with Crippen LogP contribution in [0.25, 0.3) is 0 Å². The van der Waals surface area contributed by atoms with Gasteiger partial charge in [0, 0.05) is 18.1 Å². The summed E-state index contributed by atoms with van der Waals surface area (Å²) in [7, 11) is 0. The second-order valence-electron chi connectivity index (χ2n) is 5.24. The molecule has 3 heteroatoms. The largest absolute Gasteiger partial charge is 0.392 e. The summed E-state index contributed by atoms with van der Waals surface area (Å²) in [5, 5.41) is 13.2. The molecule has 0 aromatic rings. The molecule has 2 aliphatic heterocycles. The first kappa shape index (κ1) is 10.4. The molecular weight excluding hydrogens is 176 g/mol. The molecule has 2 heterocycles. The molecule has 0 spiro atoms. The molecule has 2 fully saturated rings. The van der Waals surface area contributed by atoms with Gasteiger partial charge in [-0.3, -0.25) is 4.90 Å². The van der Waals surface area contributed by atoms with Gasteiger partial charge in [0.25, 0.3) is 0 Å². The Morgan fingerprint density at radius 2 is 2.14 bits per heavy atom. The Balaban J connectivity index is 2.00. The van der Waals surface area contributed by atoms with E-state index in [-0.39, 0.29) is 11.6 Å². The minimum atomic E-state index is -0.0971. The molecule has 2 rings (SSSR count). The number of nitrogens with zero attached hydrogens (tertiary/aromatic N) is 1. The van der Waals surface area contributed by atoms with E-state index in [2.05, 4.69) is 24.1 Å². The van der Waals surface area contributed by atoms with E-state index >= 15 is 0 Å². The van der Waals surface area contributed by atoms with Crippen LogP contribution in [0.3, 0.4) is 0 Å². The van der Waals surface area contributed by atoms with E-state index in [1.165, 1.54) is 6.42 Å². The summed E-state index contributed by atoms with van der Waals surface area (Å²) in [6.45, 7) is 7.68. The van der Waals surface area contributed by atoms with E-state index in [0.717, 1.165) is 32.5 Å². The van der Waals surface area contributed by atoms with Gasteiger partial charge in [-0.2, -0.15) is 0 Å². The van der Waals surface area contributed by atoms with Crippen molar-refractivity contribution in [1.82, 2.24) is 10.2 Å². The predicted molar refractivity (Wildman–Crippen MR) is 57.3 cm³/mol. The molecule has 0 amide bonds. The lowest BCUT2D eigenvalue weighted by Gasteiger charge is -2.40. The lowest BCUT2D eigenvalue weighted by atomic mass is 9.93. The number of hydrogen-bond acceptors (Lipinski definition) is 3. The van der Waals surface area contributed by atoms with Crippen LogP contribution in [0.5, 0.6) is 0 Å². The highest BCUT2D eigenvalue weighted by molar-refractivity contribution is 4.99. The van der Waals surface area contributed by atoms with Crippen molar-refractivity contribution in [3.05, 3.63) is 0 Å². The van der Waals surface area contributed by atoms with Crippen LogP contribution < -0.4 is 5.32 Å². The minimum Gasteiger partial charge on any atom is -0.392 e. The van der Waals surface area contributed by atoms with E-state index in [0.29, 0.717) is 6.04 Å². The summed E-state index contributed by atoms with van der Waals surface area (Å²) in [5.74, 6) is 0. The van der Waals surface area contributed by atoms with Crippen molar-refractivity contribution in [1.29, 1.82) is 0 Å². The monoisotopic (exact) mass is 198 g/mol. The first-order valence-electron chi connectivity index (χ1n) is 5.77. The highest BCUT2D eigenvalue weighted by Crippen LogP contribution is 2.26. The van der Waals surface area contributed by atoms with E-state index in [9.17, 15) is 5.11 Å². The third kappa shape index (κ3) is 1.95. The number of aliphatic hydroxyl groups is 1. The number of hydrogen-bond donors (Lipinski definition) is 2. The van der Waals surface area contributed by atoms with Crippen molar-refractivity contribution in [2.45, 2.75) is 50.8 Å². The Bertz CT molecular complexity index is 205. The highest BCUT2D eigenvalue weighted by atomic mass is 16.3. The normalized spacial score (nSPS) is 38.8. The maximum Gasteiger partial charge on any atom is 0.0667 e. The van der Waals surface area contributed by atoms with E-state index < -0.39 is 0 Å². The first-order chi connectivity index (χ1) is 6.59. The lowest BCUT2D eigenvalue weighted by Crippen LogP contribution is -2.54. The third-order valence-electron chi connectivity index (χ3n) is 3.70. The zero-order valence-corrected chi connectivity index (χ0v) is 9.29. The molecule has 0 bridgehead atoms. The van der Waals surface area contributed by atoms with Gasteiger partial charge in [0.15, 0.2) is 0 Å². The zero-order valence-electron chi connectivity index (χ0n) is 9.29. The number of β-amino-alcohol motifs (C(OH)–C–C–N with tert-alkyl or cyclic N) is 1. The van der Waals surface area contributed by atoms with E-state index in [1.54, 1.807) is 0 Å². The Kier molecular flexibility index (Phi) is 2.82. The van der Waals surface area contributed by atoms with Crippen LogP contribution in [0, 0.1) is 0 Å². The summed E-state index contributed by atoms with van der Waals surface area (Å²) in [5.41, 5.74) is 0.219. The molecule has 82 valence electrons. The number of likely N-dealkylation sites (tertiary alicyclic amines) is 1. The predicted octanol–water partition coefficient (Wildman–Crippen LogP) is 0.584. The quantitative estimate of drug-likeness (QED) is 0.647. The van der Waals surface area contributed by atoms with E-state index in [4.69, 9.17) is 0 Å². The molecule has 0 aliphatic carbocycles. The molecule has 0 radical (unpaired) electrons. The fourth-order valence-corrected chi connectivity index (χ4v) is 2.92. The van der Waals surface area contributed by atoms with Gasteiger partial charge >= 0.3 is 0 Å². The molecule has 2 saturated heterocycles. The molecule has 2 unspecified atom stereocenters. The summed E-state index contributed by atoms with van der Waals surface area (Å²) >= 11 is 0. The average molecular weight is 198 g/mol. The molecule has 14 heavy (non-hydrogen) atoms. The van der Waals surface area contributed by atoms with Gasteiger partial charge in [0.05, 0.1) is 6.10 Å². The van der Waals surface area contributed by atoms with Crippen molar-refractivity contribution in [2.75, 3.05) is 19.6 Å². The van der Waals surface area contributed by atoms with Crippen LogP contribution in [0.15, 0.2) is 0 Å². The van der Waals surface area contributed by atoms with Gasteiger partial charge in [-0.1, -0.05) is 0 Å². The molecule has 2 aliphatic rings. The number of nitrogens with one attached hydrogen (secondary N) is 1. The van der Waals surface area contributed by atoms with Gasteiger partial charge in [0.1, 0.15) is 0 Å². The van der Waals surface area contributed by atoms with Crippen LogP contribution >= 0.6 is 0 Å². The van der Waals surface area contributed by atoms with Crippen molar-refractivity contribution in [3.63, 3.8) is 0 Å². The Morgan fingerprint density at radius 1 is 1.36 bits per heavy atom. The van der Waals surface area contributed by atoms with Crippen LogP contribution in [-0.2, 0) is 0 Å². The fraction of sp³-hybridized carbons (Fsp3) is 1.00. The van der Waals surface area contributed by atoms with Crippen LogP contribution in [-0.4, -0.2) is 47.3 Å². The zero-order chi connectivity index (χ0) is 10.2. The van der Waals surface area contributed by atoms with Crippen LogP contribution in [0.1, 0.15) is 33.1 Å². The van der Waals surface area contributed by atoms with Crippen LogP contribution in [0.2, 0.25) is 0 Å². The second kappa shape index (κ2) is 3.80. The molecule has 3 nitrogen and oxygen atoms in total. The van der Waals surface area contributed by atoms with Crippen molar-refractivity contribution < 1.29 is 5.11 Å². The Hall–Kier alpha value is -0.120. The molecule has 0 aromatic heterocycles. The highest BCUT2D eigenvalue weighted by Gasteiger charge is 2.39. The average Bonchev–Trinajstić information content (AvgIpc) is 2.45. The number of aliphatic hydroxyl groups excluding tert-OH is 1. The number of rotatable bonds is 1. The fourth-order valence-electron chi connectivity index (χ4n) is 2.92. The number of piperidine rings is 1. The summed E-state index contributed by atoms with van der Waals surface area (Å²) in [6.07, 6.45) is 3.25. The smallest absolute Gasteiger partial charge is 0.0667 e. The molecule has 0 saturated carbocycles. The van der Waals surface area contributed by atoms with Crippen LogP contribution in [0.4, 0.5) is 0 Å². The van der Waals surface area contributed by atoms with Gasteiger partial charge in [-0.05, 0) is 46.2 Å².